The van der Waals surface area contributed by atoms with Crippen molar-refractivity contribution >= 4 is 12.0 Å². The zero-order valence-electron chi connectivity index (χ0n) is 11.6. The largest absolute Gasteiger partial charge is 0.481 e. The molecule has 5 nitrogen and oxygen atoms in total. The minimum atomic E-state index is -0.785. The minimum absolute atomic E-state index is 0.0766. The molecular formula is C14H24N2O3. The molecule has 19 heavy (non-hydrogen) atoms. The van der Waals surface area contributed by atoms with E-state index in [1.165, 1.54) is 6.42 Å². The van der Waals surface area contributed by atoms with E-state index >= 15 is 0 Å². The molecule has 1 saturated carbocycles. The SMILES string of the molecule is CC1CCCN(C(=O)NC2CCCC2C(=O)O)CC1. The molecule has 0 aromatic heterocycles. The van der Waals surface area contributed by atoms with E-state index in [4.69, 9.17) is 5.11 Å². The number of carboxylic acid groups (broad SMARTS) is 1. The lowest BCUT2D eigenvalue weighted by atomic mass is 10.0. The lowest BCUT2D eigenvalue weighted by Gasteiger charge is -2.25. The van der Waals surface area contributed by atoms with Crippen molar-refractivity contribution in [2.75, 3.05) is 13.1 Å². The van der Waals surface area contributed by atoms with Crippen LogP contribution in [0, 0.1) is 11.8 Å². The van der Waals surface area contributed by atoms with E-state index in [9.17, 15) is 9.59 Å². The Bertz CT molecular complexity index is 346. The second-order valence-corrected chi connectivity index (χ2v) is 5.95. The van der Waals surface area contributed by atoms with Gasteiger partial charge in [-0.15, -0.1) is 0 Å². The van der Waals surface area contributed by atoms with E-state index in [0.29, 0.717) is 12.3 Å². The van der Waals surface area contributed by atoms with Crippen LogP contribution in [0.1, 0.15) is 45.4 Å². The van der Waals surface area contributed by atoms with Gasteiger partial charge in [-0.2, -0.15) is 0 Å². The van der Waals surface area contributed by atoms with Gasteiger partial charge in [0.2, 0.25) is 0 Å². The molecule has 3 unspecified atom stereocenters. The number of rotatable bonds is 2. The molecule has 0 aromatic rings. The molecular weight excluding hydrogens is 244 g/mol. The summed E-state index contributed by atoms with van der Waals surface area (Å²) >= 11 is 0. The summed E-state index contributed by atoms with van der Waals surface area (Å²) in [5.41, 5.74) is 0. The maximum absolute atomic E-state index is 12.2. The Morgan fingerprint density at radius 2 is 1.89 bits per heavy atom. The Kier molecular flexibility index (Phi) is 4.66. The third-order valence-corrected chi connectivity index (χ3v) is 4.45. The van der Waals surface area contributed by atoms with Crippen LogP contribution in [0.4, 0.5) is 4.79 Å². The van der Waals surface area contributed by atoms with Gasteiger partial charge in [0.05, 0.1) is 5.92 Å². The van der Waals surface area contributed by atoms with Crippen molar-refractivity contribution in [1.82, 2.24) is 10.2 Å². The topological polar surface area (TPSA) is 69.6 Å². The summed E-state index contributed by atoms with van der Waals surface area (Å²) in [6.45, 7) is 3.80. The molecule has 2 N–H and O–H groups in total. The molecule has 0 aromatic carbocycles. The Labute approximate surface area is 114 Å². The molecule has 1 saturated heterocycles. The van der Waals surface area contributed by atoms with Gasteiger partial charge in [-0.25, -0.2) is 4.79 Å². The van der Waals surface area contributed by atoms with Crippen molar-refractivity contribution in [3.63, 3.8) is 0 Å². The number of urea groups is 1. The molecule has 1 aliphatic heterocycles. The van der Waals surface area contributed by atoms with Crippen molar-refractivity contribution in [2.45, 2.75) is 51.5 Å². The fourth-order valence-corrected chi connectivity index (χ4v) is 3.14. The highest BCUT2D eigenvalue weighted by atomic mass is 16.4. The summed E-state index contributed by atoms with van der Waals surface area (Å²) in [7, 11) is 0. The first-order chi connectivity index (χ1) is 9.08. The van der Waals surface area contributed by atoms with Crippen LogP contribution < -0.4 is 5.32 Å². The van der Waals surface area contributed by atoms with Gasteiger partial charge >= 0.3 is 12.0 Å². The van der Waals surface area contributed by atoms with E-state index in [2.05, 4.69) is 12.2 Å². The average molecular weight is 268 g/mol. The van der Waals surface area contributed by atoms with Gasteiger partial charge in [-0.1, -0.05) is 13.3 Å². The highest BCUT2D eigenvalue weighted by Crippen LogP contribution is 2.26. The molecule has 1 aliphatic carbocycles. The number of nitrogens with zero attached hydrogens (tertiary/aromatic N) is 1. The smallest absolute Gasteiger partial charge is 0.317 e. The molecule has 2 fully saturated rings. The number of aliphatic carboxylic acids is 1. The number of hydrogen-bond donors (Lipinski definition) is 2. The number of carboxylic acids is 1. The lowest BCUT2D eigenvalue weighted by Crippen LogP contribution is -2.47. The standard InChI is InChI=1S/C14H24N2O3/c1-10-4-3-8-16(9-7-10)14(19)15-12-6-2-5-11(12)13(17)18/h10-12H,2-9H2,1H3,(H,15,19)(H,17,18). The third kappa shape index (κ3) is 3.61. The van der Waals surface area contributed by atoms with Gasteiger partial charge in [-0.05, 0) is 38.0 Å². The molecule has 108 valence electrons. The average Bonchev–Trinajstić information content (AvgIpc) is 2.70. The van der Waals surface area contributed by atoms with Crippen LogP contribution in [0.25, 0.3) is 0 Å². The Balaban J connectivity index is 1.88. The van der Waals surface area contributed by atoms with E-state index < -0.39 is 11.9 Å². The number of carbonyl (C=O) groups is 2. The second kappa shape index (κ2) is 6.26. The first-order valence-corrected chi connectivity index (χ1v) is 7.36. The Hall–Kier alpha value is -1.26. The van der Waals surface area contributed by atoms with Crippen LogP contribution in [-0.4, -0.2) is 41.1 Å². The zero-order valence-corrected chi connectivity index (χ0v) is 11.6. The molecule has 2 rings (SSSR count). The highest BCUT2D eigenvalue weighted by Gasteiger charge is 2.34. The monoisotopic (exact) mass is 268 g/mol. The first-order valence-electron chi connectivity index (χ1n) is 7.36. The highest BCUT2D eigenvalue weighted by molar-refractivity contribution is 5.77. The predicted octanol–water partition coefficient (Wildman–Crippen LogP) is 2.07. The van der Waals surface area contributed by atoms with Crippen LogP contribution in [0.5, 0.6) is 0 Å². The molecule has 2 aliphatic rings. The van der Waals surface area contributed by atoms with Gasteiger partial charge in [0.1, 0.15) is 0 Å². The maximum atomic E-state index is 12.2. The van der Waals surface area contributed by atoms with Crippen molar-refractivity contribution in [1.29, 1.82) is 0 Å². The molecule has 0 bridgehead atoms. The molecule has 2 amide bonds. The van der Waals surface area contributed by atoms with Crippen LogP contribution >= 0.6 is 0 Å². The summed E-state index contributed by atoms with van der Waals surface area (Å²) in [4.78, 5) is 25.2. The van der Waals surface area contributed by atoms with Crippen LogP contribution in [0.15, 0.2) is 0 Å². The maximum Gasteiger partial charge on any atom is 0.317 e. The van der Waals surface area contributed by atoms with E-state index in [1.807, 2.05) is 4.90 Å². The lowest BCUT2D eigenvalue weighted by molar-refractivity contribution is -0.142. The minimum Gasteiger partial charge on any atom is -0.481 e. The van der Waals surface area contributed by atoms with Crippen LogP contribution in [0.2, 0.25) is 0 Å². The van der Waals surface area contributed by atoms with E-state index in [1.54, 1.807) is 0 Å². The normalized spacial score (nSPS) is 31.8. The molecule has 1 heterocycles. The number of nitrogens with one attached hydrogen (secondary N) is 1. The predicted molar refractivity (Wildman–Crippen MR) is 71.9 cm³/mol. The first kappa shape index (κ1) is 14.2. The van der Waals surface area contributed by atoms with Gasteiger partial charge < -0.3 is 15.3 Å². The molecule has 5 heteroatoms. The summed E-state index contributed by atoms with van der Waals surface area (Å²) in [6, 6.07) is -0.266. The number of amides is 2. The molecule has 3 atom stereocenters. The van der Waals surface area contributed by atoms with Gasteiger partial charge in [0, 0.05) is 19.1 Å². The number of likely N-dealkylation sites (tertiary alicyclic amines) is 1. The summed E-state index contributed by atoms with van der Waals surface area (Å²) in [6.07, 6.45) is 5.61. The van der Waals surface area contributed by atoms with E-state index in [-0.39, 0.29) is 12.1 Å². The van der Waals surface area contributed by atoms with Crippen LogP contribution in [0.3, 0.4) is 0 Å². The Morgan fingerprint density at radius 1 is 1.11 bits per heavy atom. The summed E-state index contributed by atoms with van der Waals surface area (Å²) < 4.78 is 0. The second-order valence-electron chi connectivity index (χ2n) is 5.95. The van der Waals surface area contributed by atoms with Gasteiger partial charge in [0.15, 0.2) is 0 Å². The zero-order chi connectivity index (χ0) is 13.8. The molecule has 0 radical (unpaired) electrons. The summed E-state index contributed by atoms with van der Waals surface area (Å²) in [5, 5.41) is 12.1. The van der Waals surface area contributed by atoms with Crippen molar-refractivity contribution in [3.05, 3.63) is 0 Å². The van der Waals surface area contributed by atoms with Gasteiger partial charge in [0.25, 0.3) is 0 Å². The van der Waals surface area contributed by atoms with Crippen molar-refractivity contribution in [3.8, 4) is 0 Å². The quantitative estimate of drug-likeness (QED) is 0.805. The Morgan fingerprint density at radius 3 is 2.63 bits per heavy atom. The molecule has 0 spiro atoms. The van der Waals surface area contributed by atoms with E-state index in [0.717, 1.165) is 38.8 Å². The van der Waals surface area contributed by atoms with Crippen LogP contribution in [-0.2, 0) is 4.79 Å². The third-order valence-electron chi connectivity index (χ3n) is 4.45. The fourth-order valence-electron chi connectivity index (χ4n) is 3.14. The fraction of sp³-hybridized carbons (Fsp3) is 0.857. The number of hydrogen-bond acceptors (Lipinski definition) is 2. The van der Waals surface area contributed by atoms with Gasteiger partial charge in [-0.3, -0.25) is 4.79 Å². The van der Waals surface area contributed by atoms with Crippen molar-refractivity contribution in [2.24, 2.45) is 11.8 Å². The number of carbonyl (C=O) groups excluding carboxylic acids is 1. The summed E-state index contributed by atoms with van der Waals surface area (Å²) in [5.74, 6) is -0.516. The van der Waals surface area contributed by atoms with Crippen molar-refractivity contribution < 1.29 is 14.7 Å².